The molecule has 0 aliphatic rings. The molecule has 0 aliphatic heterocycles. The second kappa shape index (κ2) is 8.51. The van der Waals surface area contributed by atoms with Crippen LogP contribution in [0.3, 0.4) is 0 Å². The van der Waals surface area contributed by atoms with Crippen molar-refractivity contribution >= 4 is 23.4 Å². The molecular weight excluding hydrogens is 366 g/mol. The van der Waals surface area contributed by atoms with E-state index in [1.165, 1.54) is 10.8 Å². The lowest BCUT2D eigenvalue weighted by molar-refractivity contribution is -0.137. The van der Waals surface area contributed by atoms with Crippen LogP contribution in [0.1, 0.15) is 11.1 Å². The Hall–Kier alpha value is -3.12. The van der Waals surface area contributed by atoms with Gasteiger partial charge in [0.25, 0.3) is 5.56 Å². The minimum absolute atomic E-state index is 0.0817. The minimum atomic E-state index is -1.07. The van der Waals surface area contributed by atoms with Gasteiger partial charge in [0.1, 0.15) is 11.2 Å². The molecule has 0 aliphatic carbocycles. The van der Waals surface area contributed by atoms with Gasteiger partial charge in [-0.25, -0.2) is 9.78 Å². The quantitative estimate of drug-likeness (QED) is 0.655. The highest BCUT2D eigenvalue weighted by Crippen LogP contribution is 2.11. The summed E-state index contributed by atoms with van der Waals surface area (Å²) in [5, 5.41) is 12.4. The molecule has 3 aromatic rings. The predicted molar refractivity (Wildman–Crippen MR) is 104 cm³/mol. The van der Waals surface area contributed by atoms with Crippen molar-refractivity contribution in [3.8, 4) is 0 Å². The molecule has 0 radical (unpaired) electrons. The van der Waals surface area contributed by atoms with Crippen LogP contribution in [0, 0.1) is 0 Å². The van der Waals surface area contributed by atoms with Gasteiger partial charge in [0.15, 0.2) is 5.82 Å². The Morgan fingerprint density at radius 2 is 1.67 bits per heavy atom. The Morgan fingerprint density at radius 3 is 2.26 bits per heavy atom. The van der Waals surface area contributed by atoms with Gasteiger partial charge in [0.2, 0.25) is 0 Å². The number of nitrogens with zero attached hydrogens (tertiary/aromatic N) is 2. The summed E-state index contributed by atoms with van der Waals surface area (Å²) < 4.78 is 1.41. The van der Waals surface area contributed by atoms with Crippen LogP contribution in [0.4, 0.5) is 5.82 Å². The number of carboxylic acids is 1. The molecule has 0 fully saturated rings. The van der Waals surface area contributed by atoms with Crippen molar-refractivity contribution in [2.75, 3.05) is 5.32 Å². The van der Waals surface area contributed by atoms with Gasteiger partial charge in [-0.3, -0.25) is 4.79 Å². The first-order chi connectivity index (χ1) is 13.0. The highest BCUT2D eigenvalue weighted by atomic mass is 35.5. The molecule has 6 nitrogen and oxygen atoms in total. The average Bonchev–Trinajstić information content (AvgIpc) is 2.66. The van der Waals surface area contributed by atoms with E-state index in [-0.39, 0.29) is 17.4 Å². The van der Waals surface area contributed by atoms with Crippen LogP contribution in [0.25, 0.3) is 0 Å². The second-order valence-electron chi connectivity index (χ2n) is 6.06. The van der Waals surface area contributed by atoms with E-state index in [1.54, 1.807) is 0 Å². The first-order valence-electron chi connectivity index (χ1n) is 8.37. The summed E-state index contributed by atoms with van der Waals surface area (Å²) in [6, 6.07) is 17.6. The molecule has 1 aromatic heterocycles. The molecule has 1 unspecified atom stereocenters. The molecule has 27 heavy (non-hydrogen) atoms. The first-order valence-corrected chi connectivity index (χ1v) is 8.75. The Bertz CT molecular complexity index is 975. The fourth-order valence-electron chi connectivity index (χ4n) is 2.71. The van der Waals surface area contributed by atoms with Crippen LogP contribution in [0.2, 0.25) is 5.15 Å². The van der Waals surface area contributed by atoms with Gasteiger partial charge in [0.05, 0.1) is 6.54 Å². The van der Waals surface area contributed by atoms with Crippen molar-refractivity contribution in [2.45, 2.75) is 19.0 Å². The Morgan fingerprint density at radius 1 is 1.07 bits per heavy atom. The Balaban J connectivity index is 1.86. The smallest absolute Gasteiger partial charge is 0.326 e. The third-order valence-electron chi connectivity index (χ3n) is 4.03. The molecular formula is C20H18ClN3O3. The van der Waals surface area contributed by atoms with Crippen LogP contribution in [0.15, 0.2) is 71.7 Å². The fourth-order valence-corrected chi connectivity index (χ4v) is 2.92. The van der Waals surface area contributed by atoms with Crippen molar-refractivity contribution in [1.29, 1.82) is 0 Å². The highest BCUT2D eigenvalue weighted by molar-refractivity contribution is 6.29. The number of aromatic nitrogens is 2. The van der Waals surface area contributed by atoms with Crippen LogP contribution >= 0.6 is 11.6 Å². The van der Waals surface area contributed by atoms with Crippen molar-refractivity contribution in [1.82, 2.24) is 9.55 Å². The Kier molecular flexibility index (Phi) is 5.88. The summed E-state index contributed by atoms with van der Waals surface area (Å²) in [7, 11) is 0. The molecule has 3 rings (SSSR count). The largest absolute Gasteiger partial charge is 0.480 e. The standard InChI is InChI=1S/C20H18ClN3O3/c21-17-13-24(12-15-9-5-2-6-10-15)19(25)18(23-17)22-16(20(26)27)11-14-7-3-1-4-8-14/h1-10,13,16H,11-12H2,(H,22,23)(H,26,27). The fraction of sp³-hybridized carbons (Fsp3) is 0.150. The van der Waals surface area contributed by atoms with E-state index in [0.29, 0.717) is 6.54 Å². The van der Waals surface area contributed by atoms with E-state index in [2.05, 4.69) is 10.3 Å². The van der Waals surface area contributed by atoms with Crippen LogP contribution in [0.5, 0.6) is 0 Å². The van der Waals surface area contributed by atoms with E-state index in [9.17, 15) is 14.7 Å². The van der Waals surface area contributed by atoms with Gasteiger partial charge >= 0.3 is 5.97 Å². The molecule has 138 valence electrons. The molecule has 2 aromatic carbocycles. The topological polar surface area (TPSA) is 84.2 Å². The maximum absolute atomic E-state index is 12.7. The van der Waals surface area contributed by atoms with Gasteiger partial charge in [0, 0.05) is 12.6 Å². The summed E-state index contributed by atoms with van der Waals surface area (Å²) in [6.45, 7) is 0.313. The average molecular weight is 384 g/mol. The number of carbonyl (C=O) groups is 1. The maximum atomic E-state index is 12.7. The van der Waals surface area contributed by atoms with Crippen LogP contribution < -0.4 is 10.9 Å². The van der Waals surface area contributed by atoms with Gasteiger partial charge < -0.3 is 15.0 Å². The van der Waals surface area contributed by atoms with E-state index in [0.717, 1.165) is 11.1 Å². The maximum Gasteiger partial charge on any atom is 0.326 e. The van der Waals surface area contributed by atoms with Crippen molar-refractivity contribution in [2.24, 2.45) is 0 Å². The van der Waals surface area contributed by atoms with E-state index in [4.69, 9.17) is 11.6 Å². The highest BCUT2D eigenvalue weighted by Gasteiger charge is 2.21. The minimum Gasteiger partial charge on any atom is -0.480 e. The second-order valence-corrected chi connectivity index (χ2v) is 6.44. The number of nitrogens with one attached hydrogen (secondary N) is 1. The molecule has 7 heteroatoms. The van der Waals surface area contributed by atoms with Crippen LogP contribution in [-0.4, -0.2) is 26.7 Å². The number of halogens is 1. The number of carboxylic acid groups (broad SMARTS) is 1. The van der Waals surface area contributed by atoms with Gasteiger partial charge in [-0.15, -0.1) is 0 Å². The van der Waals surface area contributed by atoms with E-state index in [1.807, 2.05) is 60.7 Å². The lowest BCUT2D eigenvalue weighted by atomic mass is 10.1. The first kappa shape index (κ1) is 18.7. The van der Waals surface area contributed by atoms with Crippen molar-refractivity contribution in [3.05, 3.63) is 93.5 Å². The zero-order valence-electron chi connectivity index (χ0n) is 14.4. The van der Waals surface area contributed by atoms with Crippen LogP contribution in [-0.2, 0) is 17.8 Å². The van der Waals surface area contributed by atoms with Crippen molar-refractivity contribution < 1.29 is 9.90 Å². The predicted octanol–water partition coefficient (Wildman–Crippen LogP) is 3.05. The molecule has 0 amide bonds. The summed E-state index contributed by atoms with van der Waals surface area (Å²) >= 11 is 6.05. The molecule has 0 saturated carbocycles. The van der Waals surface area contributed by atoms with E-state index >= 15 is 0 Å². The number of hydrogen-bond donors (Lipinski definition) is 2. The van der Waals surface area contributed by atoms with Gasteiger partial charge in [-0.1, -0.05) is 72.3 Å². The monoisotopic (exact) mass is 383 g/mol. The molecule has 1 heterocycles. The molecule has 1 atom stereocenters. The zero-order chi connectivity index (χ0) is 19.2. The summed E-state index contributed by atoms with van der Waals surface area (Å²) in [6.07, 6.45) is 1.65. The van der Waals surface area contributed by atoms with Crippen molar-refractivity contribution in [3.63, 3.8) is 0 Å². The SMILES string of the molecule is O=C(O)C(Cc1ccccc1)Nc1nc(Cl)cn(Cc2ccccc2)c1=O. The lowest BCUT2D eigenvalue weighted by Gasteiger charge is -2.16. The number of rotatable bonds is 7. The normalized spacial score (nSPS) is 11.7. The third kappa shape index (κ3) is 4.95. The zero-order valence-corrected chi connectivity index (χ0v) is 15.1. The third-order valence-corrected chi connectivity index (χ3v) is 4.21. The number of anilines is 1. The van der Waals surface area contributed by atoms with E-state index < -0.39 is 17.6 Å². The molecule has 0 saturated heterocycles. The molecule has 0 bridgehead atoms. The van der Waals surface area contributed by atoms with Gasteiger partial charge in [-0.2, -0.15) is 0 Å². The summed E-state index contributed by atoms with van der Waals surface area (Å²) in [5.41, 5.74) is 1.33. The number of aliphatic carboxylic acids is 1. The lowest BCUT2D eigenvalue weighted by Crippen LogP contribution is -2.36. The number of benzene rings is 2. The van der Waals surface area contributed by atoms with Gasteiger partial charge in [-0.05, 0) is 11.1 Å². The summed E-state index contributed by atoms with van der Waals surface area (Å²) in [5.74, 6) is -1.16. The molecule has 2 N–H and O–H groups in total. The number of hydrogen-bond acceptors (Lipinski definition) is 4. The molecule has 0 spiro atoms. The summed E-state index contributed by atoms with van der Waals surface area (Å²) in [4.78, 5) is 28.4. The Labute approximate surface area is 161 Å².